The van der Waals surface area contributed by atoms with Crippen LogP contribution in [0.5, 0.6) is 0 Å². The lowest BCUT2D eigenvalue weighted by atomic mass is 10.1. The van der Waals surface area contributed by atoms with Gasteiger partial charge in [0.25, 0.3) is 10.0 Å². The third kappa shape index (κ3) is 4.42. The fourth-order valence-electron chi connectivity index (χ4n) is 2.64. The summed E-state index contributed by atoms with van der Waals surface area (Å²) in [7, 11) is -3.73. The average molecular weight is 387 g/mol. The van der Waals surface area contributed by atoms with E-state index in [9.17, 15) is 8.42 Å². The van der Waals surface area contributed by atoms with Crippen LogP contribution >= 0.6 is 11.6 Å². The number of hydrogen-bond donors (Lipinski definition) is 1. The number of aromatic nitrogens is 1. The van der Waals surface area contributed by atoms with Crippen molar-refractivity contribution < 1.29 is 8.42 Å². The normalized spacial score (nSPS) is 11.3. The zero-order valence-electron chi connectivity index (χ0n) is 14.3. The van der Waals surface area contributed by atoms with E-state index in [1.807, 2.05) is 24.3 Å². The molecule has 0 aliphatic rings. The number of nitrogens with zero attached hydrogens (tertiary/aromatic N) is 1. The van der Waals surface area contributed by atoms with Crippen molar-refractivity contribution in [2.45, 2.75) is 24.7 Å². The Morgan fingerprint density at radius 1 is 0.923 bits per heavy atom. The van der Waals surface area contributed by atoms with Crippen molar-refractivity contribution in [3.05, 3.63) is 88.6 Å². The Bertz CT molecular complexity index is 988. The number of nitrogens with one attached hydrogen (secondary N) is 1. The molecule has 1 N–H and O–H groups in total. The molecule has 0 bridgehead atoms. The molecule has 0 spiro atoms. The summed E-state index contributed by atoms with van der Waals surface area (Å²) in [5.41, 5.74) is 2.82. The van der Waals surface area contributed by atoms with E-state index in [2.05, 4.69) is 21.8 Å². The van der Waals surface area contributed by atoms with Gasteiger partial charge < -0.3 is 0 Å². The molecule has 6 heteroatoms. The third-order valence-electron chi connectivity index (χ3n) is 4.12. The molecule has 0 atom stereocenters. The number of anilines is 1. The van der Waals surface area contributed by atoms with Gasteiger partial charge in [0.2, 0.25) is 0 Å². The zero-order chi connectivity index (χ0) is 18.6. The van der Waals surface area contributed by atoms with Crippen LogP contribution in [0.15, 0.2) is 71.8 Å². The van der Waals surface area contributed by atoms with Crippen molar-refractivity contribution in [1.29, 1.82) is 0 Å². The summed E-state index contributed by atoms with van der Waals surface area (Å²) < 4.78 is 27.6. The fourth-order valence-corrected chi connectivity index (χ4v) is 4.14. The van der Waals surface area contributed by atoms with E-state index in [4.69, 9.17) is 11.6 Å². The van der Waals surface area contributed by atoms with Gasteiger partial charge in [0.1, 0.15) is 5.82 Å². The number of aryl methyl sites for hydroxylation is 2. The Morgan fingerprint density at radius 2 is 1.65 bits per heavy atom. The summed E-state index contributed by atoms with van der Waals surface area (Å²) >= 11 is 6.02. The average Bonchev–Trinajstić information content (AvgIpc) is 2.64. The minimum Gasteiger partial charge on any atom is -0.263 e. The van der Waals surface area contributed by atoms with Crippen molar-refractivity contribution in [1.82, 2.24) is 4.98 Å². The maximum atomic E-state index is 12.6. The van der Waals surface area contributed by atoms with E-state index in [0.717, 1.165) is 18.4 Å². The van der Waals surface area contributed by atoms with Gasteiger partial charge in [-0.2, -0.15) is 0 Å². The minimum atomic E-state index is -3.73. The molecule has 134 valence electrons. The predicted octanol–water partition coefficient (Wildman–Crippen LogP) is 4.63. The summed E-state index contributed by atoms with van der Waals surface area (Å²) in [6.07, 6.45) is 3.46. The van der Waals surface area contributed by atoms with Crippen LogP contribution in [0.4, 0.5) is 5.82 Å². The zero-order valence-corrected chi connectivity index (χ0v) is 15.9. The van der Waals surface area contributed by atoms with Crippen LogP contribution in [0.2, 0.25) is 5.02 Å². The Labute approximate surface area is 158 Å². The van der Waals surface area contributed by atoms with Crippen LogP contribution in [0.25, 0.3) is 0 Å². The molecule has 0 aliphatic carbocycles. The molecule has 0 radical (unpaired) electrons. The molecular formula is C20H19ClN2O2S. The van der Waals surface area contributed by atoms with Gasteiger partial charge in [-0.05, 0) is 54.7 Å². The third-order valence-corrected chi connectivity index (χ3v) is 6.02. The molecule has 0 aliphatic heterocycles. The second kappa shape index (κ2) is 7.89. The first-order valence-corrected chi connectivity index (χ1v) is 10.1. The number of pyridine rings is 1. The summed E-state index contributed by atoms with van der Waals surface area (Å²) in [5, 5.41) is 0.414. The lowest BCUT2D eigenvalue weighted by molar-refractivity contribution is 0.600. The second-order valence-corrected chi connectivity index (χ2v) is 8.06. The highest BCUT2D eigenvalue weighted by atomic mass is 35.5. The standard InChI is InChI=1S/C20H19ClN2O2S/c1-15-18(21)8-5-9-19(15)26(24,25)23-20-13-12-17(14-22-20)11-10-16-6-3-2-4-7-16/h2-9,12-14H,10-11H2,1H3,(H,22,23). The molecule has 0 saturated heterocycles. The summed E-state index contributed by atoms with van der Waals surface area (Å²) in [5.74, 6) is 0.285. The topological polar surface area (TPSA) is 59.1 Å². The first-order valence-electron chi connectivity index (χ1n) is 8.22. The highest BCUT2D eigenvalue weighted by Crippen LogP contribution is 2.24. The lowest BCUT2D eigenvalue weighted by Crippen LogP contribution is -2.15. The van der Waals surface area contributed by atoms with Crippen LogP contribution < -0.4 is 4.72 Å². The van der Waals surface area contributed by atoms with Crippen molar-refractivity contribution in [2.75, 3.05) is 4.72 Å². The van der Waals surface area contributed by atoms with Gasteiger partial charge in [-0.3, -0.25) is 4.72 Å². The Hall–Kier alpha value is -2.37. The summed E-state index contributed by atoms with van der Waals surface area (Å²) in [6.45, 7) is 1.68. The SMILES string of the molecule is Cc1c(Cl)cccc1S(=O)(=O)Nc1ccc(CCc2ccccc2)cn1. The molecule has 0 amide bonds. The lowest BCUT2D eigenvalue weighted by Gasteiger charge is -2.11. The van der Waals surface area contributed by atoms with Crippen molar-refractivity contribution in [3.8, 4) is 0 Å². The molecule has 3 aromatic rings. The molecule has 0 fully saturated rings. The molecular weight excluding hydrogens is 368 g/mol. The van der Waals surface area contributed by atoms with Crippen LogP contribution in [0, 0.1) is 6.92 Å². The van der Waals surface area contributed by atoms with Crippen LogP contribution in [0.1, 0.15) is 16.7 Å². The number of hydrogen-bond acceptors (Lipinski definition) is 3. The van der Waals surface area contributed by atoms with Gasteiger partial charge in [-0.25, -0.2) is 13.4 Å². The molecule has 2 aromatic carbocycles. The molecule has 1 heterocycles. The summed E-state index contributed by atoms with van der Waals surface area (Å²) in [6, 6.07) is 18.6. The number of rotatable bonds is 6. The maximum Gasteiger partial charge on any atom is 0.263 e. The largest absolute Gasteiger partial charge is 0.263 e. The number of halogens is 1. The van der Waals surface area contributed by atoms with Gasteiger partial charge in [0.05, 0.1) is 4.90 Å². The van der Waals surface area contributed by atoms with E-state index < -0.39 is 10.0 Å². The van der Waals surface area contributed by atoms with Gasteiger partial charge in [-0.15, -0.1) is 0 Å². The van der Waals surface area contributed by atoms with Gasteiger partial charge in [-0.1, -0.05) is 54.1 Å². The highest BCUT2D eigenvalue weighted by Gasteiger charge is 2.18. The monoisotopic (exact) mass is 386 g/mol. The quantitative estimate of drug-likeness (QED) is 0.671. The minimum absolute atomic E-state index is 0.153. The van der Waals surface area contributed by atoms with Crippen molar-refractivity contribution in [2.24, 2.45) is 0 Å². The Morgan fingerprint density at radius 3 is 2.35 bits per heavy atom. The molecule has 0 unspecified atom stereocenters. The van der Waals surface area contributed by atoms with E-state index in [-0.39, 0.29) is 10.7 Å². The molecule has 4 nitrogen and oxygen atoms in total. The van der Waals surface area contributed by atoms with E-state index >= 15 is 0 Å². The molecule has 3 rings (SSSR count). The molecule has 26 heavy (non-hydrogen) atoms. The Kier molecular flexibility index (Phi) is 5.59. The fraction of sp³-hybridized carbons (Fsp3) is 0.150. The first kappa shape index (κ1) is 18.4. The van der Waals surface area contributed by atoms with Crippen LogP contribution in [-0.2, 0) is 22.9 Å². The number of benzene rings is 2. The molecule has 1 aromatic heterocycles. The van der Waals surface area contributed by atoms with Crippen LogP contribution in [0.3, 0.4) is 0 Å². The smallest absolute Gasteiger partial charge is 0.263 e. The van der Waals surface area contributed by atoms with E-state index in [1.165, 1.54) is 11.6 Å². The van der Waals surface area contributed by atoms with Gasteiger partial charge >= 0.3 is 0 Å². The second-order valence-electron chi connectivity index (χ2n) is 6.01. The van der Waals surface area contributed by atoms with Gasteiger partial charge in [0, 0.05) is 11.2 Å². The summed E-state index contributed by atoms with van der Waals surface area (Å²) in [4.78, 5) is 4.38. The maximum absolute atomic E-state index is 12.6. The predicted molar refractivity (Wildman–Crippen MR) is 105 cm³/mol. The first-order chi connectivity index (χ1) is 12.5. The molecule has 0 saturated carbocycles. The van der Waals surface area contributed by atoms with Crippen molar-refractivity contribution in [3.63, 3.8) is 0 Å². The van der Waals surface area contributed by atoms with Gasteiger partial charge in [0.15, 0.2) is 0 Å². The van der Waals surface area contributed by atoms with E-state index in [0.29, 0.717) is 10.6 Å². The van der Waals surface area contributed by atoms with Crippen LogP contribution in [-0.4, -0.2) is 13.4 Å². The Balaban J connectivity index is 1.70. The van der Waals surface area contributed by atoms with Crippen molar-refractivity contribution >= 4 is 27.4 Å². The van der Waals surface area contributed by atoms with E-state index in [1.54, 1.807) is 31.3 Å². The highest BCUT2D eigenvalue weighted by molar-refractivity contribution is 7.92. The number of sulfonamides is 1.